The maximum atomic E-state index is 5.99. The molecule has 0 aliphatic heterocycles. The molecule has 0 aliphatic carbocycles. The highest BCUT2D eigenvalue weighted by Crippen LogP contribution is 2.29. The minimum atomic E-state index is 0.517. The number of nitrogens with zero attached hydrogens (tertiary/aromatic N) is 5. The Balaban J connectivity index is 1.42. The van der Waals surface area contributed by atoms with Gasteiger partial charge in [-0.25, -0.2) is 9.67 Å². The second kappa shape index (κ2) is 8.30. The lowest BCUT2D eigenvalue weighted by atomic mass is 10.2. The Morgan fingerprint density at radius 1 is 1.04 bits per heavy atom. The van der Waals surface area contributed by atoms with Crippen LogP contribution in [-0.2, 0) is 13.1 Å². The Labute approximate surface area is 163 Å². The summed E-state index contributed by atoms with van der Waals surface area (Å²) in [5.74, 6) is 1.31. The van der Waals surface area contributed by atoms with Crippen molar-refractivity contribution in [1.82, 2.24) is 25.0 Å². The van der Waals surface area contributed by atoms with Crippen molar-refractivity contribution in [3.8, 4) is 11.6 Å². The third kappa shape index (κ3) is 4.32. The monoisotopic (exact) mass is 372 g/mol. The van der Waals surface area contributed by atoms with E-state index in [9.17, 15) is 0 Å². The molecule has 7 heteroatoms. The molecule has 0 radical (unpaired) electrons. The number of pyridine rings is 2. The number of benzene rings is 1. The lowest BCUT2D eigenvalue weighted by Gasteiger charge is -2.12. The molecule has 3 heterocycles. The van der Waals surface area contributed by atoms with Crippen molar-refractivity contribution in [2.75, 3.05) is 5.32 Å². The van der Waals surface area contributed by atoms with Gasteiger partial charge in [-0.3, -0.25) is 4.98 Å². The Morgan fingerprint density at radius 3 is 2.79 bits per heavy atom. The van der Waals surface area contributed by atoms with Crippen molar-refractivity contribution >= 4 is 5.69 Å². The van der Waals surface area contributed by atoms with E-state index in [1.807, 2.05) is 67.8 Å². The molecular formula is C21H20N6O. The van der Waals surface area contributed by atoms with E-state index in [0.29, 0.717) is 19.0 Å². The minimum absolute atomic E-state index is 0.517. The summed E-state index contributed by atoms with van der Waals surface area (Å²) in [6.45, 7) is 3.16. The SMILES string of the molecule is Cc1ccccc1Oc1ncccc1NCc1cn(Cc2cccnc2)nn1. The zero-order chi connectivity index (χ0) is 19.2. The maximum Gasteiger partial charge on any atom is 0.242 e. The molecule has 0 spiro atoms. The van der Waals surface area contributed by atoms with E-state index in [4.69, 9.17) is 4.74 Å². The normalized spacial score (nSPS) is 10.6. The van der Waals surface area contributed by atoms with Crippen LogP contribution in [0.2, 0.25) is 0 Å². The van der Waals surface area contributed by atoms with E-state index in [-0.39, 0.29) is 0 Å². The van der Waals surface area contributed by atoms with Crippen LogP contribution in [-0.4, -0.2) is 25.0 Å². The molecule has 0 bridgehead atoms. The van der Waals surface area contributed by atoms with Crippen molar-refractivity contribution < 1.29 is 4.74 Å². The van der Waals surface area contributed by atoms with Gasteiger partial charge in [0.05, 0.1) is 25.0 Å². The van der Waals surface area contributed by atoms with Gasteiger partial charge in [-0.05, 0) is 42.3 Å². The Hall–Kier alpha value is -3.74. The van der Waals surface area contributed by atoms with Gasteiger partial charge in [0, 0.05) is 18.6 Å². The Kier molecular flexibility index (Phi) is 5.24. The largest absolute Gasteiger partial charge is 0.437 e. The third-order valence-electron chi connectivity index (χ3n) is 4.18. The first-order valence-corrected chi connectivity index (χ1v) is 8.98. The van der Waals surface area contributed by atoms with Gasteiger partial charge in [0.15, 0.2) is 0 Å². The minimum Gasteiger partial charge on any atom is -0.437 e. The Morgan fingerprint density at radius 2 is 1.93 bits per heavy atom. The van der Waals surface area contributed by atoms with Crippen molar-refractivity contribution in [3.05, 3.63) is 90.1 Å². The molecule has 4 rings (SSSR count). The van der Waals surface area contributed by atoms with Gasteiger partial charge >= 0.3 is 0 Å². The predicted molar refractivity (Wildman–Crippen MR) is 106 cm³/mol. The predicted octanol–water partition coefficient (Wildman–Crippen LogP) is 3.83. The van der Waals surface area contributed by atoms with E-state index >= 15 is 0 Å². The lowest BCUT2D eigenvalue weighted by molar-refractivity contribution is 0.461. The molecule has 0 unspecified atom stereocenters. The van der Waals surface area contributed by atoms with Crippen LogP contribution in [0.3, 0.4) is 0 Å². The van der Waals surface area contributed by atoms with Crippen LogP contribution in [0.1, 0.15) is 16.8 Å². The molecule has 0 fully saturated rings. The smallest absolute Gasteiger partial charge is 0.242 e. The fourth-order valence-electron chi connectivity index (χ4n) is 2.74. The van der Waals surface area contributed by atoms with Gasteiger partial charge in [-0.2, -0.15) is 0 Å². The number of hydrogen-bond donors (Lipinski definition) is 1. The Bertz CT molecular complexity index is 1050. The number of para-hydroxylation sites is 1. The molecule has 1 N–H and O–H groups in total. The van der Waals surface area contributed by atoms with Gasteiger partial charge in [0.2, 0.25) is 5.88 Å². The molecule has 0 aliphatic rings. The molecule has 0 saturated carbocycles. The molecular weight excluding hydrogens is 352 g/mol. The van der Waals surface area contributed by atoms with Crippen LogP contribution >= 0.6 is 0 Å². The zero-order valence-corrected chi connectivity index (χ0v) is 15.5. The maximum absolute atomic E-state index is 5.99. The van der Waals surface area contributed by atoms with Crippen molar-refractivity contribution in [2.24, 2.45) is 0 Å². The quantitative estimate of drug-likeness (QED) is 0.531. The highest BCUT2D eigenvalue weighted by Gasteiger charge is 2.09. The third-order valence-corrected chi connectivity index (χ3v) is 4.18. The summed E-state index contributed by atoms with van der Waals surface area (Å²) in [6, 6.07) is 15.6. The average Bonchev–Trinajstić information content (AvgIpc) is 3.17. The molecule has 28 heavy (non-hydrogen) atoms. The van der Waals surface area contributed by atoms with Gasteiger partial charge in [0.1, 0.15) is 11.4 Å². The van der Waals surface area contributed by atoms with Gasteiger partial charge in [0.25, 0.3) is 0 Å². The molecule has 3 aromatic heterocycles. The fraction of sp³-hybridized carbons (Fsp3) is 0.143. The van der Waals surface area contributed by atoms with Crippen LogP contribution in [0.15, 0.2) is 73.3 Å². The van der Waals surface area contributed by atoms with E-state index < -0.39 is 0 Å². The number of aryl methyl sites for hydroxylation is 1. The van der Waals surface area contributed by atoms with Crippen LogP contribution in [0.4, 0.5) is 5.69 Å². The second-order valence-corrected chi connectivity index (χ2v) is 6.35. The van der Waals surface area contributed by atoms with Gasteiger partial charge in [-0.15, -0.1) is 5.10 Å². The number of rotatable bonds is 7. The number of anilines is 1. The summed E-state index contributed by atoms with van der Waals surface area (Å²) in [5, 5.41) is 11.7. The zero-order valence-electron chi connectivity index (χ0n) is 15.5. The summed E-state index contributed by atoms with van der Waals surface area (Å²) < 4.78 is 7.78. The summed E-state index contributed by atoms with van der Waals surface area (Å²) in [4.78, 5) is 8.47. The molecule has 1 aromatic carbocycles. The van der Waals surface area contributed by atoms with Crippen molar-refractivity contribution in [1.29, 1.82) is 0 Å². The summed E-state index contributed by atoms with van der Waals surface area (Å²) in [7, 11) is 0. The summed E-state index contributed by atoms with van der Waals surface area (Å²) >= 11 is 0. The first-order valence-electron chi connectivity index (χ1n) is 8.98. The molecule has 140 valence electrons. The van der Waals surface area contributed by atoms with E-state index in [1.165, 1.54) is 0 Å². The summed E-state index contributed by atoms with van der Waals surface area (Å²) in [6.07, 6.45) is 7.20. The lowest BCUT2D eigenvalue weighted by Crippen LogP contribution is -2.03. The van der Waals surface area contributed by atoms with Gasteiger partial charge in [-0.1, -0.05) is 29.5 Å². The van der Waals surface area contributed by atoms with E-state index in [2.05, 4.69) is 25.6 Å². The average molecular weight is 372 g/mol. The van der Waals surface area contributed by atoms with Gasteiger partial charge < -0.3 is 10.1 Å². The fourth-order valence-corrected chi connectivity index (χ4v) is 2.74. The standard InChI is InChI=1S/C21H20N6O/c1-16-6-2-3-9-20(16)28-21-19(8-5-11-23-21)24-13-18-15-27(26-25-18)14-17-7-4-10-22-12-17/h2-12,15,24H,13-14H2,1H3. The first kappa shape index (κ1) is 17.7. The van der Waals surface area contributed by atoms with Crippen LogP contribution in [0, 0.1) is 6.92 Å². The molecule has 0 amide bonds. The highest BCUT2D eigenvalue weighted by molar-refractivity contribution is 5.54. The molecule has 7 nitrogen and oxygen atoms in total. The number of ether oxygens (including phenoxy) is 1. The number of nitrogens with one attached hydrogen (secondary N) is 1. The number of aromatic nitrogens is 5. The molecule has 0 atom stereocenters. The molecule has 0 saturated heterocycles. The van der Waals surface area contributed by atoms with Crippen LogP contribution < -0.4 is 10.1 Å². The van der Waals surface area contributed by atoms with Crippen LogP contribution in [0.25, 0.3) is 0 Å². The van der Waals surface area contributed by atoms with Crippen LogP contribution in [0.5, 0.6) is 11.6 Å². The highest BCUT2D eigenvalue weighted by atomic mass is 16.5. The molecule has 4 aromatic rings. The van der Waals surface area contributed by atoms with Crippen molar-refractivity contribution in [3.63, 3.8) is 0 Å². The first-order chi connectivity index (χ1) is 13.8. The van der Waals surface area contributed by atoms with E-state index in [0.717, 1.165) is 28.3 Å². The second-order valence-electron chi connectivity index (χ2n) is 6.35. The van der Waals surface area contributed by atoms with Crippen molar-refractivity contribution in [2.45, 2.75) is 20.0 Å². The summed E-state index contributed by atoms with van der Waals surface area (Å²) in [5.41, 5.74) is 3.76. The topological polar surface area (TPSA) is 77.8 Å². The van der Waals surface area contributed by atoms with E-state index in [1.54, 1.807) is 17.1 Å². The number of hydrogen-bond acceptors (Lipinski definition) is 6.